The number of anilines is 4. The molecular formula is C48H57BrF4N8O6. The third-order valence-electron chi connectivity index (χ3n) is 12.3. The number of benzene rings is 4. The Balaban J connectivity index is 0.000000202. The summed E-state index contributed by atoms with van der Waals surface area (Å²) in [4.78, 5) is 53.7. The zero-order valence-electron chi connectivity index (χ0n) is 37.6. The molecule has 0 aliphatic carbocycles. The molecule has 7 N–H and O–H groups in total. The average Bonchev–Trinajstić information content (AvgIpc) is 3.31. The number of fused-ring (bicyclic) bond motifs is 2. The number of hydrogen-bond acceptors (Lipinski definition) is 10. The molecule has 2 fully saturated rings. The predicted octanol–water partition coefficient (Wildman–Crippen LogP) is 8.08. The van der Waals surface area contributed by atoms with Gasteiger partial charge in [-0.05, 0) is 97.5 Å². The van der Waals surface area contributed by atoms with Crippen molar-refractivity contribution in [3.05, 3.63) is 118 Å². The van der Waals surface area contributed by atoms with Gasteiger partial charge in [-0.25, -0.2) is 27.2 Å². The number of nitrogens with zero attached hydrogens (tertiary/aromatic N) is 2. The van der Waals surface area contributed by atoms with Crippen molar-refractivity contribution in [1.82, 2.24) is 20.4 Å². The van der Waals surface area contributed by atoms with E-state index in [1.54, 1.807) is 54.4 Å². The first-order chi connectivity index (χ1) is 32.2. The number of rotatable bonds is 10. The molecule has 0 unspecified atom stereocenters. The number of piperidine rings is 2. The predicted molar refractivity (Wildman–Crippen MR) is 253 cm³/mol. The Hall–Kier alpha value is -5.92. The van der Waals surface area contributed by atoms with Crippen LogP contribution in [-0.2, 0) is 22.6 Å². The van der Waals surface area contributed by atoms with Gasteiger partial charge >= 0.3 is 12.1 Å². The van der Waals surface area contributed by atoms with E-state index in [-0.39, 0.29) is 61.1 Å². The molecule has 2 spiro atoms. The summed E-state index contributed by atoms with van der Waals surface area (Å²) >= 11 is 3.18. The lowest BCUT2D eigenvalue weighted by Crippen LogP contribution is -2.55. The van der Waals surface area contributed by atoms with Gasteiger partial charge in [-0.3, -0.25) is 9.59 Å². The molecule has 360 valence electrons. The second kappa shape index (κ2) is 23.2. The maximum absolute atomic E-state index is 14.0. The molecule has 4 heterocycles. The molecule has 0 radical (unpaired) electrons. The molecule has 0 saturated carbocycles. The summed E-state index contributed by atoms with van der Waals surface area (Å²) in [6.45, 7) is 4.25. The number of nitrogen functional groups attached to an aromatic ring is 1. The Bertz CT molecular complexity index is 2390. The van der Waals surface area contributed by atoms with Crippen LogP contribution in [0, 0.1) is 23.3 Å². The first kappa shape index (κ1) is 50.5. The Morgan fingerprint density at radius 2 is 1.13 bits per heavy atom. The zero-order valence-corrected chi connectivity index (χ0v) is 39.1. The Kier molecular flexibility index (Phi) is 17.5. The lowest BCUT2D eigenvalue weighted by molar-refractivity contribution is 0.0904. The fourth-order valence-electron chi connectivity index (χ4n) is 8.52. The molecule has 2 saturated heterocycles. The highest BCUT2D eigenvalue weighted by Gasteiger charge is 2.43. The van der Waals surface area contributed by atoms with E-state index in [0.717, 1.165) is 17.5 Å². The van der Waals surface area contributed by atoms with Gasteiger partial charge in [-0.2, -0.15) is 0 Å². The summed E-state index contributed by atoms with van der Waals surface area (Å²) in [6.07, 6.45) is 3.04. The minimum absolute atomic E-state index is 0.0462. The van der Waals surface area contributed by atoms with Gasteiger partial charge in [0.1, 0.15) is 23.3 Å². The van der Waals surface area contributed by atoms with Crippen LogP contribution in [0.4, 0.5) is 49.9 Å². The van der Waals surface area contributed by atoms with Crippen LogP contribution in [0.1, 0.15) is 70.4 Å². The first-order valence-corrected chi connectivity index (χ1v) is 23.2. The van der Waals surface area contributed by atoms with Crippen molar-refractivity contribution in [2.24, 2.45) is 0 Å². The van der Waals surface area contributed by atoms with Crippen LogP contribution in [0.5, 0.6) is 0 Å². The molecule has 14 nitrogen and oxygen atoms in total. The Labute approximate surface area is 395 Å². The molecule has 4 amide bonds. The third kappa shape index (κ3) is 13.4. The molecular weight excluding hydrogens is 940 g/mol. The topological polar surface area (TPSA) is 179 Å². The van der Waals surface area contributed by atoms with Crippen LogP contribution in [0.15, 0.2) is 72.8 Å². The maximum atomic E-state index is 14.0. The number of Topliss-reactive ketones (excluding diaryl/α,β-unsaturated/α-hetero) is 2. The molecule has 4 aliphatic rings. The third-order valence-corrected chi connectivity index (χ3v) is 12.6. The van der Waals surface area contributed by atoms with Crippen LogP contribution in [0.3, 0.4) is 0 Å². The normalized spacial score (nSPS) is 16.5. The first-order valence-electron chi connectivity index (χ1n) is 22.0. The smallest absolute Gasteiger partial charge is 0.317 e. The van der Waals surface area contributed by atoms with Crippen LogP contribution in [-0.4, -0.2) is 110 Å². The van der Waals surface area contributed by atoms with Crippen LogP contribution < -0.4 is 32.3 Å². The number of carbonyl (C=O) groups excluding carboxylic acids is 4. The van der Waals surface area contributed by atoms with Crippen molar-refractivity contribution >= 4 is 62.3 Å². The van der Waals surface area contributed by atoms with E-state index < -0.39 is 28.5 Å². The molecule has 8 rings (SSSR count). The largest absolute Gasteiger partial charge is 0.396 e. The molecule has 0 atom stereocenters. The maximum Gasteiger partial charge on any atom is 0.317 e. The van der Waals surface area contributed by atoms with E-state index in [1.807, 2.05) is 0 Å². The monoisotopic (exact) mass is 996 g/mol. The van der Waals surface area contributed by atoms with Gasteiger partial charge in [0.25, 0.3) is 0 Å². The number of halogens is 5. The number of ketones is 2. The molecule has 4 aliphatic heterocycles. The van der Waals surface area contributed by atoms with Crippen LogP contribution >= 0.6 is 15.9 Å². The van der Waals surface area contributed by atoms with E-state index in [1.165, 1.54) is 42.5 Å². The zero-order chi connectivity index (χ0) is 48.1. The minimum Gasteiger partial charge on any atom is -0.396 e. The summed E-state index contributed by atoms with van der Waals surface area (Å²) < 4.78 is 63.7. The summed E-state index contributed by atoms with van der Waals surface area (Å²) in [5, 5.41) is 16.4. The lowest BCUT2D eigenvalue weighted by atomic mass is 9.78. The van der Waals surface area contributed by atoms with Gasteiger partial charge in [0.2, 0.25) is 0 Å². The fraction of sp³-hybridized carbons (Fsp3) is 0.417. The van der Waals surface area contributed by atoms with Gasteiger partial charge in [-0.1, -0.05) is 28.1 Å². The number of alkyl halides is 1. The van der Waals surface area contributed by atoms with Crippen molar-refractivity contribution in [2.75, 3.05) is 87.2 Å². The van der Waals surface area contributed by atoms with Gasteiger partial charge in [-0.15, -0.1) is 0 Å². The number of likely N-dealkylation sites (tertiary alicyclic amines) is 2. The quantitative estimate of drug-likeness (QED) is 0.0394. The Morgan fingerprint density at radius 1 is 0.672 bits per heavy atom. The van der Waals surface area contributed by atoms with Crippen molar-refractivity contribution in [3.8, 4) is 0 Å². The highest BCUT2D eigenvalue weighted by molar-refractivity contribution is 9.09. The second-order valence-corrected chi connectivity index (χ2v) is 17.7. The molecule has 0 bridgehead atoms. The van der Waals surface area contributed by atoms with Crippen molar-refractivity contribution in [3.63, 3.8) is 0 Å². The summed E-state index contributed by atoms with van der Waals surface area (Å²) in [5.41, 5.74) is 8.69. The molecule has 19 heteroatoms. The van der Waals surface area contributed by atoms with Crippen molar-refractivity contribution in [2.45, 2.75) is 62.7 Å². The van der Waals surface area contributed by atoms with E-state index in [0.29, 0.717) is 98.8 Å². The lowest BCUT2D eigenvalue weighted by Gasteiger charge is -2.45. The van der Waals surface area contributed by atoms with E-state index in [9.17, 15) is 36.7 Å². The van der Waals surface area contributed by atoms with E-state index in [4.69, 9.17) is 10.5 Å². The highest BCUT2D eigenvalue weighted by Crippen LogP contribution is 2.39. The van der Waals surface area contributed by atoms with Crippen molar-refractivity contribution in [1.29, 1.82) is 0 Å². The second-order valence-electron chi connectivity index (χ2n) is 17.0. The molecule has 0 aromatic heterocycles. The number of carbonyl (C=O) groups is 4. The molecule has 4 aromatic rings. The van der Waals surface area contributed by atoms with Gasteiger partial charge in [0, 0.05) is 112 Å². The summed E-state index contributed by atoms with van der Waals surface area (Å²) in [6, 6.07) is 17.0. The highest BCUT2D eigenvalue weighted by atomic mass is 79.9. The van der Waals surface area contributed by atoms with Gasteiger partial charge < -0.3 is 51.6 Å². The summed E-state index contributed by atoms with van der Waals surface area (Å²) in [5.74, 6) is -1.85. The molecule has 4 aromatic carbocycles. The Morgan fingerprint density at radius 3 is 1.57 bits per heavy atom. The minimum atomic E-state index is -0.486. The summed E-state index contributed by atoms with van der Waals surface area (Å²) in [7, 11) is 3.26. The number of urea groups is 2. The van der Waals surface area contributed by atoms with Gasteiger partial charge in [0.15, 0.2) is 11.6 Å². The number of methoxy groups -OCH3 is 2. The van der Waals surface area contributed by atoms with Crippen LogP contribution in [0.25, 0.3) is 0 Å². The SMILES string of the molecule is COCCBr.COCCNc1cc(CNC(=O)N2CCC3(CC2)CC(=O)c2cc(F)ccc2N3)ccc1F.Nc1cc(CNC(=O)N2CCC3(CC2)CC(=O)c2cc(F)ccc2N3)ccc1F. The average molecular weight is 998 g/mol. The van der Waals surface area contributed by atoms with E-state index >= 15 is 0 Å². The molecule has 67 heavy (non-hydrogen) atoms. The number of nitrogens with two attached hydrogens (primary N) is 1. The fourth-order valence-corrected chi connectivity index (χ4v) is 8.85. The number of nitrogens with one attached hydrogen (secondary N) is 5. The number of amides is 4. The van der Waals surface area contributed by atoms with Gasteiger partial charge in [0.05, 0.1) is 24.6 Å². The van der Waals surface area contributed by atoms with E-state index in [2.05, 4.69) is 47.3 Å². The van der Waals surface area contributed by atoms with Crippen LogP contribution in [0.2, 0.25) is 0 Å². The van der Waals surface area contributed by atoms with Crippen molar-refractivity contribution < 1.29 is 46.2 Å². The number of hydrogen-bond donors (Lipinski definition) is 6. The number of ether oxygens (including phenoxy) is 2. The standard InChI is InChI=1S/C24H28F2N4O3.C21H22F2N4O2.C3H7BrO/c1-33-11-8-27-21-12-16(2-4-19(21)26)15-28-23(32)30-9-6-24(7-10-30)14-22(31)18-13-17(25)3-5-20(18)29-24;22-14-2-4-18-15(10-14)19(28)11-21(26-18)5-7-27(8-6-21)20(29)25-12-13-1-3-16(23)17(24)9-13;1-5-3-2-4/h2-5,12-13,27,29H,6-11,14-15H2,1H3,(H,28,32);1-4,9-10,26H,5-8,11-12,24H2,(H,25,29);2-3H2,1H3.